The summed E-state index contributed by atoms with van der Waals surface area (Å²) in [4.78, 5) is 22.4. The van der Waals surface area contributed by atoms with Crippen molar-refractivity contribution < 1.29 is 9.66 Å². The molecule has 6 nitrogen and oxygen atoms in total. The van der Waals surface area contributed by atoms with E-state index in [9.17, 15) is 14.9 Å². The second kappa shape index (κ2) is 6.86. The SMILES string of the molecule is Cc1cc([N+](=O)[O-])cn(CCOc2ccc(C(C)(C)C)cc2)c1=O. The minimum absolute atomic E-state index is 0.0757. The number of nitro groups is 1. The van der Waals surface area contributed by atoms with E-state index in [4.69, 9.17) is 4.74 Å². The summed E-state index contributed by atoms with van der Waals surface area (Å²) in [5.74, 6) is 0.707. The zero-order chi connectivity index (χ0) is 17.9. The van der Waals surface area contributed by atoms with Crippen molar-refractivity contribution in [3.05, 3.63) is 68.1 Å². The van der Waals surface area contributed by atoms with E-state index in [1.165, 1.54) is 22.4 Å². The number of ether oxygens (including phenoxy) is 1. The Kier molecular flexibility index (Phi) is 5.07. The molecule has 128 valence electrons. The zero-order valence-electron chi connectivity index (χ0n) is 14.4. The molecule has 2 rings (SSSR count). The number of hydrogen-bond donors (Lipinski definition) is 0. The summed E-state index contributed by atoms with van der Waals surface area (Å²) in [7, 11) is 0. The molecule has 0 radical (unpaired) electrons. The smallest absolute Gasteiger partial charge is 0.286 e. The number of hydrogen-bond acceptors (Lipinski definition) is 4. The van der Waals surface area contributed by atoms with E-state index in [1.54, 1.807) is 6.92 Å². The Morgan fingerprint density at radius 3 is 2.38 bits per heavy atom. The molecule has 1 aromatic heterocycles. The van der Waals surface area contributed by atoms with Crippen molar-refractivity contribution >= 4 is 5.69 Å². The molecule has 0 aliphatic heterocycles. The van der Waals surface area contributed by atoms with Crippen LogP contribution >= 0.6 is 0 Å². The molecule has 1 aromatic carbocycles. The fourth-order valence-electron chi connectivity index (χ4n) is 2.34. The van der Waals surface area contributed by atoms with Gasteiger partial charge in [0.2, 0.25) is 0 Å². The Bertz CT molecular complexity index is 786. The maximum absolute atomic E-state index is 12.0. The number of aryl methyl sites for hydroxylation is 1. The van der Waals surface area contributed by atoms with E-state index in [0.717, 1.165) is 0 Å². The summed E-state index contributed by atoms with van der Waals surface area (Å²) in [5, 5.41) is 10.9. The molecule has 0 amide bonds. The molecule has 0 N–H and O–H groups in total. The summed E-state index contributed by atoms with van der Waals surface area (Å²) in [6.45, 7) is 8.50. The molecule has 0 unspecified atom stereocenters. The summed E-state index contributed by atoms with van der Waals surface area (Å²) in [5.41, 5.74) is 1.29. The van der Waals surface area contributed by atoms with Gasteiger partial charge >= 0.3 is 0 Å². The number of rotatable bonds is 5. The van der Waals surface area contributed by atoms with Crippen molar-refractivity contribution in [2.45, 2.75) is 39.7 Å². The molecule has 24 heavy (non-hydrogen) atoms. The van der Waals surface area contributed by atoms with Crippen LogP contribution in [0.5, 0.6) is 5.75 Å². The van der Waals surface area contributed by atoms with Gasteiger partial charge in [0.05, 0.1) is 17.7 Å². The zero-order valence-corrected chi connectivity index (χ0v) is 14.4. The van der Waals surface area contributed by atoms with Gasteiger partial charge < -0.3 is 9.30 Å². The van der Waals surface area contributed by atoms with Crippen LogP contribution in [0, 0.1) is 17.0 Å². The molecule has 0 aliphatic carbocycles. The van der Waals surface area contributed by atoms with Gasteiger partial charge in [0.1, 0.15) is 12.4 Å². The lowest BCUT2D eigenvalue weighted by molar-refractivity contribution is -0.385. The molecule has 6 heteroatoms. The van der Waals surface area contributed by atoms with Crippen LogP contribution < -0.4 is 10.3 Å². The Labute approximate surface area is 140 Å². The van der Waals surface area contributed by atoms with Crippen LogP contribution in [-0.2, 0) is 12.0 Å². The highest BCUT2D eigenvalue weighted by atomic mass is 16.6. The van der Waals surface area contributed by atoms with Crippen LogP contribution in [0.4, 0.5) is 5.69 Å². The van der Waals surface area contributed by atoms with E-state index < -0.39 is 4.92 Å². The average Bonchev–Trinajstić information content (AvgIpc) is 2.50. The van der Waals surface area contributed by atoms with Crippen molar-refractivity contribution in [2.75, 3.05) is 6.61 Å². The first kappa shape index (κ1) is 17.7. The van der Waals surface area contributed by atoms with Crippen molar-refractivity contribution in [1.29, 1.82) is 0 Å². The molecule has 0 saturated carbocycles. The largest absolute Gasteiger partial charge is 0.492 e. The standard InChI is InChI=1S/C18H22N2O4/c1-13-11-15(20(22)23)12-19(17(13)21)9-10-24-16-7-5-14(6-8-16)18(2,3)4/h5-8,11-12H,9-10H2,1-4H3. The highest BCUT2D eigenvalue weighted by Crippen LogP contribution is 2.24. The van der Waals surface area contributed by atoms with E-state index >= 15 is 0 Å². The first-order valence-corrected chi connectivity index (χ1v) is 7.77. The first-order valence-electron chi connectivity index (χ1n) is 7.77. The van der Waals surface area contributed by atoms with Gasteiger partial charge in [-0.25, -0.2) is 0 Å². The van der Waals surface area contributed by atoms with E-state index in [0.29, 0.717) is 11.3 Å². The number of aromatic nitrogens is 1. The van der Waals surface area contributed by atoms with Crippen LogP contribution in [0.3, 0.4) is 0 Å². The third-order valence-electron chi connectivity index (χ3n) is 3.78. The maximum atomic E-state index is 12.0. The molecule has 0 aliphatic rings. The number of benzene rings is 1. The lowest BCUT2D eigenvalue weighted by Crippen LogP contribution is -2.24. The fourth-order valence-corrected chi connectivity index (χ4v) is 2.34. The molecule has 2 aromatic rings. The summed E-state index contributed by atoms with van der Waals surface area (Å²) >= 11 is 0. The van der Waals surface area contributed by atoms with Crippen LogP contribution in [0.15, 0.2) is 41.3 Å². The Balaban J connectivity index is 2.04. The third kappa shape index (κ3) is 4.22. The number of nitrogens with zero attached hydrogens (tertiary/aromatic N) is 2. The Morgan fingerprint density at radius 2 is 1.83 bits per heavy atom. The fraction of sp³-hybridized carbons (Fsp3) is 0.389. The van der Waals surface area contributed by atoms with Gasteiger partial charge in [-0.05, 0) is 30.0 Å². The molecule has 0 atom stereocenters. The van der Waals surface area contributed by atoms with Crippen molar-refractivity contribution in [3.63, 3.8) is 0 Å². The molecule has 0 spiro atoms. The van der Waals surface area contributed by atoms with Crippen LogP contribution in [0.25, 0.3) is 0 Å². The highest BCUT2D eigenvalue weighted by Gasteiger charge is 2.13. The Hall–Kier alpha value is -2.63. The molecule has 1 heterocycles. The Morgan fingerprint density at radius 1 is 1.21 bits per heavy atom. The summed E-state index contributed by atoms with van der Waals surface area (Å²) < 4.78 is 6.96. The van der Waals surface area contributed by atoms with Crippen LogP contribution in [0.2, 0.25) is 0 Å². The topological polar surface area (TPSA) is 74.4 Å². The summed E-state index contributed by atoms with van der Waals surface area (Å²) in [6.07, 6.45) is 1.25. The van der Waals surface area contributed by atoms with E-state index in [2.05, 4.69) is 20.8 Å². The lowest BCUT2D eigenvalue weighted by Gasteiger charge is -2.19. The second-order valence-corrected chi connectivity index (χ2v) is 6.76. The van der Waals surface area contributed by atoms with Gasteiger partial charge in [0, 0.05) is 11.6 Å². The quantitative estimate of drug-likeness (QED) is 0.622. The third-order valence-corrected chi connectivity index (χ3v) is 3.78. The van der Waals surface area contributed by atoms with Gasteiger partial charge in [0.25, 0.3) is 11.2 Å². The lowest BCUT2D eigenvalue weighted by atomic mass is 9.87. The maximum Gasteiger partial charge on any atom is 0.286 e. The molecule has 0 bridgehead atoms. The normalized spacial score (nSPS) is 11.3. The van der Waals surface area contributed by atoms with Crippen molar-refractivity contribution in [2.24, 2.45) is 0 Å². The van der Waals surface area contributed by atoms with Gasteiger partial charge in [-0.1, -0.05) is 32.9 Å². The van der Waals surface area contributed by atoms with E-state index in [1.807, 2.05) is 24.3 Å². The van der Waals surface area contributed by atoms with Crippen molar-refractivity contribution in [1.82, 2.24) is 4.57 Å². The average molecular weight is 330 g/mol. The highest BCUT2D eigenvalue weighted by molar-refractivity contribution is 5.31. The van der Waals surface area contributed by atoms with Gasteiger partial charge in [-0.3, -0.25) is 14.9 Å². The van der Waals surface area contributed by atoms with Gasteiger partial charge in [-0.2, -0.15) is 0 Å². The minimum Gasteiger partial charge on any atom is -0.492 e. The minimum atomic E-state index is -0.505. The molecular weight excluding hydrogens is 308 g/mol. The van der Waals surface area contributed by atoms with Crippen LogP contribution in [-0.4, -0.2) is 16.1 Å². The predicted octanol–water partition coefficient (Wildman–Crippen LogP) is 3.44. The van der Waals surface area contributed by atoms with Gasteiger partial charge in [0.15, 0.2) is 0 Å². The molecule has 0 saturated heterocycles. The first-order chi connectivity index (χ1) is 11.2. The number of pyridine rings is 1. The van der Waals surface area contributed by atoms with Crippen molar-refractivity contribution in [3.8, 4) is 5.75 Å². The monoisotopic (exact) mass is 330 g/mol. The second-order valence-electron chi connectivity index (χ2n) is 6.76. The molecule has 0 fully saturated rings. The summed E-state index contributed by atoms with van der Waals surface area (Å²) in [6, 6.07) is 9.09. The van der Waals surface area contributed by atoms with E-state index in [-0.39, 0.29) is 29.8 Å². The van der Waals surface area contributed by atoms with Gasteiger partial charge in [-0.15, -0.1) is 0 Å². The van der Waals surface area contributed by atoms with Crippen LogP contribution in [0.1, 0.15) is 31.9 Å². The molecular formula is C18H22N2O4. The predicted molar refractivity (Wildman–Crippen MR) is 92.7 cm³/mol.